The van der Waals surface area contributed by atoms with Crippen molar-refractivity contribution >= 4 is 45.2 Å². The Morgan fingerprint density at radius 3 is 2.38 bits per heavy atom. The van der Waals surface area contributed by atoms with Crippen LogP contribution < -0.4 is 11.1 Å². The zero-order valence-corrected chi connectivity index (χ0v) is 14.9. The molecular weight excluding hydrogens is 356 g/mol. The van der Waals surface area contributed by atoms with Crippen molar-refractivity contribution in [2.45, 2.75) is 44.7 Å². The van der Waals surface area contributed by atoms with Crippen LogP contribution in [0, 0.1) is 0 Å². The Morgan fingerprint density at radius 1 is 1.17 bits per heavy atom. The lowest BCUT2D eigenvalue weighted by Gasteiger charge is -2.17. The van der Waals surface area contributed by atoms with Gasteiger partial charge in [0.2, 0.25) is 5.91 Å². The molecule has 0 saturated carbocycles. The van der Waals surface area contributed by atoms with Crippen LogP contribution in [0.15, 0.2) is 11.5 Å². The molecule has 0 saturated heterocycles. The number of aliphatic carboxylic acids is 2. The van der Waals surface area contributed by atoms with Crippen LogP contribution in [-0.4, -0.2) is 51.7 Å². The standard InChI is InChI=1S/C14H22N2O6S2/c1-2-7-23-24-8-10(11(17)4-6-13(19)20)16-12(18)5-3-9(15)14(21)22/h2,7,9-10H,3-6,8,15H2,1H3,(H,16,18)(H,19,20)(H,21,22)/b7-2+/t9-,10-/m0/s1. The summed E-state index contributed by atoms with van der Waals surface area (Å²) in [6.07, 6.45) is 1.18. The molecule has 10 heteroatoms. The minimum Gasteiger partial charge on any atom is -0.481 e. The molecule has 8 nitrogen and oxygen atoms in total. The third kappa shape index (κ3) is 11.1. The van der Waals surface area contributed by atoms with Crippen molar-refractivity contribution in [1.29, 1.82) is 0 Å². The fraction of sp³-hybridized carbons (Fsp3) is 0.571. The van der Waals surface area contributed by atoms with Crippen LogP contribution in [0.5, 0.6) is 0 Å². The van der Waals surface area contributed by atoms with Gasteiger partial charge in [0.05, 0.1) is 12.5 Å². The molecule has 0 unspecified atom stereocenters. The molecule has 0 aliphatic carbocycles. The van der Waals surface area contributed by atoms with Crippen molar-refractivity contribution in [2.75, 3.05) is 5.75 Å². The number of Topliss-reactive ketones (excluding diaryl/α,β-unsaturated/α-hetero) is 1. The summed E-state index contributed by atoms with van der Waals surface area (Å²) in [6, 6.07) is -1.96. The molecule has 1 amide bonds. The smallest absolute Gasteiger partial charge is 0.320 e. The highest BCUT2D eigenvalue weighted by Crippen LogP contribution is 2.23. The van der Waals surface area contributed by atoms with Gasteiger partial charge in [-0.1, -0.05) is 27.7 Å². The van der Waals surface area contributed by atoms with Crippen molar-refractivity contribution in [1.82, 2.24) is 5.32 Å². The molecule has 0 spiro atoms. The number of carbonyl (C=O) groups is 4. The second-order valence-corrected chi connectivity index (χ2v) is 7.13. The van der Waals surface area contributed by atoms with E-state index in [4.69, 9.17) is 15.9 Å². The molecule has 0 fully saturated rings. The molecule has 24 heavy (non-hydrogen) atoms. The van der Waals surface area contributed by atoms with Crippen LogP contribution in [0.25, 0.3) is 0 Å². The maximum Gasteiger partial charge on any atom is 0.320 e. The van der Waals surface area contributed by atoms with E-state index in [9.17, 15) is 19.2 Å². The van der Waals surface area contributed by atoms with Gasteiger partial charge in [-0.3, -0.25) is 19.2 Å². The second-order valence-electron chi connectivity index (χ2n) is 4.81. The first-order valence-corrected chi connectivity index (χ1v) is 9.57. The fourth-order valence-electron chi connectivity index (χ4n) is 1.50. The summed E-state index contributed by atoms with van der Waals surface area (Å²) in [4.78, 5) is 45.1. The van der Waals surface area contributed by atoms with E-state index in [0.717, 1.165) is 0 Å². The number of allylic oxidation sites excluding steroid dienone is 1. The highest BCUT2D eigenvalue weighted by Gasteiger charge is 2.22. The lowest BCUT2D eigenvalue weighted by molar-refractivity contribution is -0.139. The van der Waals surface area contributed by atoms with Crippen LogP contribution in [0.1, 0.15) is 32.6 Å². The summed E-state index contributed by atoms with van der Waals surface area (Å²) in [7, 11) is 2.74. The zero-order valence-electron chi connectivity index (χ0n) is 13.3. The molecule has 0 aromatic heterocycles. The summed E-state index contributed by atoms with van der Waals surface area (Å²) in [5.74, 6) is -2.87. The predicted octanol–water partition coefficient (Wildman–Crippen LogP) is 1.01. The Hall–Kier alpha value is -1.52. The molecule has 0 rings (SSSR count). The van der Waals surface area contributed by atoms with Crippen LogP contribution >= 0.6 is 21.6 Å². The number of rotatable bonds is 13. The minimum atomic E-state index is -1.20. The van der Waals surface area contributed by atoms with Crippen molar-refractivity contribution in [3.63, 3.8) is 0 Å². The third-order valence-electron chi connectivity index (χ3n) is 2.80. The largest absolute Gasteiger partial charge is 0.481 e. The molecule has 0 bridgehead atoms. The number of carbonyl (C=O) groups excluding carboxylic acids is 2. The van der Waals surface area contributed by atoms with E-state index in [1.807, 2.05) is 18.4 Å². The Labute approximate surface area is 148 Å². The maximum absolute atomic E-state index is 12.1. The number of hydrogen-bond donors (Lipinski definition) is 4. The Kier molecular flexibility index (Phi) is 12.0. The predicted molar refractivity (Wildman–Crippen MR) is 93.5 cm³/mol. The van der Waals surface area contributed by atoms with Gasteiger partial charge in [-0.25, -0.2) is 0 Å². The van der Waals surface area contributed by atoms with Crippen LogP contribution in [0.3, 0.4) is 0 Å². The van der Waals surface area contributed by atoms with Crippen molar-refractivity contribution in [3.05, 3.63) is 11.5 Å². The Bertz CT molecular complexity index is 484. The number of ketones is 1. The average molecular weight is 378 g/mol. The van der Waals surface area contributed by atoms with E-state index < -0.39 is 29.9 Å². The minimum absolute atomic E-state index is 0.0440. The van der Waals surface area contributed by atoms with Crippen molar-refractivity contribution < 1.29 is 29.4 Å². The van der Waals surface area contributed by atoms with Crippen molar-refractivity contribution in [3.8, 4) is 0 Å². The first-order chi connectivity index (χ1) is 11.3. The molecule has 136 valence electrons. The summed E-state index contributed by atoms with van der Waals surface area (Å²) < 4.78 is 0. The van der Waals surface area contributed by atoms with Gasteiger partial charge >= 0.3 is 11.9 Å². The van der Waals surface area contributed by atoms with Gasteiger partial charge in [0.1, 0.15) is 6.04 Å². The summed E-state index contributed by atoms with van der Waals surface area (Å²) in [5.41, 5.74) is 5.32. The van der Waals surface area contributed by atoms with Crippen LogP contribution in [0.4, 0.5) is 0 Å². The Balaban J connectivity index is 4.54. The highest BCUT2D eigenvalue weighted by atomic mass is 33.1. The van der Waals surface area contributed by atoms with E-state index >= 15 is 0 Å². The van der Waals surface area contributed by atoms with Crippen LogP contribution in [-0.2, 0) is 19.2 Å². The molecule has 0 radical (unpaired) electrons. The summed E-state index contributed by atoms with van der Waals surface area (Å²) >= 11 is 0. The summed E-state index contributed by atoms with van der Waals surface area (Å²) in [5, 5.41) is 21.7. The number of carboxylic acids is 2. The molecule has 2 atom stereocenters. The van der Waals surface area contributed by atoms with E-state index in [2.05, 4.69) is 5.32 Å². The molecule has 0 aliphatic rings. The zero-order chi connectivity index (χ0) is 18.5. The van der Waals surface area contributed by atoms with E-state index in [1.54, 1.807) is 0 Å². The van der Waals surface area contributed by atoms with Gasteiger partial charge in [-0.15, -0.1) is 0 Å². The van der Waals surface area contributed by atoms with E-state index in [1.165, 1.54) is 21.6 Å². The Morgan fingerprint density at radius 2 is 1.83 bits per heavy atom. The van der Waals surface area contributed by atoms with Gasteiger partial charge in [-0.2, -0.15) is 0 Å². The summed E-state index contributed by atoms with van der Waals surface area (Å²) in [6.45, 7) is 1.84. The number of nitrogens with one attached hydrogen (secondary N) is 1. The highest BCUT2D eigenvalue weighted by molar-refractivity contribution is 8.77. The van der Waals surface area contributed by atoms with Gasteiger partial charge in [-0.05, 0) is 18.8 Å². The first-order valence-electron chi connectivity index (χ1n) is 7.19. The SMILES string of the molecule is C/C=C/SSC[C@H](NC(=O)CC[C@H](N)C(=O)O)C(=O)CCC(=O)O. The maximum atomic E-state index is 12.1. The van der Waals surface area contributed by atoms with Gasteiger partial charge < -0.3 is 21.3 Å². The third-order valence-corrected chi connectivity index (χ3v) is 4.94. The molecule has 0 aromatic rings. The number of carboxylic acid groups (broad SMARTS) is 2. The average Bonchev–Trinajstić information content (AvgIpc) is 2.52. The first kappa shape index (κ1) is 22.5. The molecule has 5 N–H and O–H groups in total. The lowest BCUT2D eigenvalue weighted by Crippen LogP contribution is -2.43. The number of hydrogen-bond acceptors (Lipinski definition) is 7. The molecular formula is C14H22N2O6S2. The normalized spacial score (nSPS) is 13.4. The van der Waals surface area contributed by atoms with Gasteiger partial charge in [0, 0.05) is 18.6 Å². The topological polar surface area (TPSA) is 147 Å². The fourth-order valence-corrected chi connectivity index (χ4v) is 3.38. The van der Waals surface area contributed by atoms with Crippen molar-refractivity contribution in [2.24, 2.45) is 5.73 Å². The quantitative estimate of drug-likeness (QED) is 0.272. The van der Waals surface area contributed by atoms with E-state index in [-0.39, 0.29) is 37.2 Å². The molecule has 0 aromatic carbocycles. The van der Waals surface area contributed by atoms with Gasteiger partial charge in [0.25, 0.3) is 0 Å². The molecule has 0 aliphatic heterocycles. The van der Waals surface area contributed by atoms with Gasteiger partial charge in [0.15, 0.2) is 5.78 Å². The number of nitrogens with two attached hydrogens (primary N) is 1. The monoisotopic (exact) mass is 378 g/mol. The second kappa shape index (κ2) is 12.8. The van der Waals surface area contributed by atoms with Crippen LogP contribution in [0.2, 0.25) is 0 Å². The number of amides is 1. The lowest BCUT2D eigenvalue weighted by atomic mass is 10.1. The molecule has 0 heterocycles. The van der Waals surface area contributed by atoms with E-state index in [0.29, 0.717) is 0 Å².